The minimum atomic E-state index is -1.07. The van der Waals surface area contributed by atoms with E-state index in [-0.39, 0.29) is 12.3 Å². The number of amides is 1. The van der Waals surface area contributed by atoms with E-state index in [9.17, 15) is 9.59 Å². The number of hydrogen-bond donors (Lipinski definition) is 2. The maximum atomic E-state index is 12.1. The molecule has 1 aliphatic carbocycles. The maximum absolute atomic E-state index is 12.1. The molecule has 2 rings (SSSR count). The normalized spacial score (nSPS) is 14.9. The molecule has 0 saturated heterocycles. The molecule has 126 valence electrons. The minimum Gasteiger partial charge on any atom is -0.490 e. The average molecular weight is 386 g/mol. The van der Waals surface area contributed by atoms with E-state index >= 15 is 0 Å². The van der Waals surface area contributed by atoms with Gasteiger partial charge in [0.05, 0.1) is 19.6 Å². The highest BCUT2D eigenvalue weighted by Crippen LogP contribution is 2.37. The molecule has 0 heterocycles. The van der Waals surface area contributed by atoms with Crippen molar-refractivity contribution in [1.29, 1.82) is 0 Å². The number of ether oxygens (including phenoxy) is 2. The summed E-state index contributed by atoms with van der Waals surface area (Å²) < 4.78 is 11.8. The number of carboxylic acids is 1. The van der Waals surface area contributed by atoms with E-state index in [1.807, 2.05) is 13.8 Å². The summed E-state index contributed by atoms with van der Waals surface area (Å²) in [5.41, 5.74) is -0.354. The molecule has 7 heteroatoms. The number of benzene rings is 1. The first kappa shape index (κ1) is 17.6. The van der Waals surface area contributed by atoms with Gasteiger partial charge in [-0.25, -0.2) is 4.79 Å². The number of halogens is 1. The maximum Gasteiger partial charge on any atom is 0.329 e. The van der Waals surface area contributed by atoms with Crippen molar-refractivity contribution in [3.05, 3.63) is 22.2 Å². The molecule has 2 N–H and O–H groups in total. The molecule has 0 unspecified atom stereocenters. The van der Waals surface area contributed by atoms with Gasteiger partial charge >= 0.3 is 5.97 Å². The fourth-order valence-electron chi connectivity index (χ4n) is 2.25. The molecule has 0 spiro atoms. The van der Waals surface area contributed by atoms with Crippen LogP contribution >= 0.6 is 15.9 Å². The van der Waals surface area contributed by atoms with Crippen LogP contribution in [-0.2, 0) is 16.0 Å². The molecule has 0 bridgehead atoms. The van der Waals surface area contributed by atoms with Gasteiger partial charge in [-0.1, -0.05) is 15.9 Å². The monoisotopic (exact) mass is 385 g/mol. The van der Waals surface area contributed by atoms with Gasteiger partial charge in [0.25, 0.3) is 0 Å². The fraction of sp³-hybridized carbons (Fsp3) is 0.500. The summed E-state index contributed by atoms with van der Waals surface area (Å²) >= 11 is 3.42. The second-order valence-electron chi connectivity index (χ2n) is 5.37. The molecule has 0 atom stereocenters. The molecule has 1 aliphatic rings. The summed E-state index contributed by atoms with van der Waals surface area (Å²) in [7, 11) is 0. The van der Waals surface area contributed by atoms with Gasteiger partial charge in [0.2, 0.25) is 5.91 Å². The highest BCUT2D eigenvalue weighted by Gasteiger charge is 2.51. The van der Waals surface area contributed by atoms with Crippen molar-refractivity contribution in [2.45, 2.75) is 38.6 Å². The van der Waals surface area contributed by atoms with E-state index < -0.39 is 11.5 Å². The molecular weight excluding hydrogens is 366 g/mol. The summed E-state index contributed by atoms with van der Waals surface area (Å²) in [6.45, 7) is 4.74. The zero-order valence-electron chi connectivity index (χ0n) is 13.1. The lowest BCUT2D eigenvalue weighted by molar-refractivity contribution is -0.143. The Balaban J connectivity index is 2.14. The highest BCUT2D eigenvalue weighted by molar-refractivity contribution is 9.10. The van der Waals surface area contributed by atoms with Crippen molar-refractivity contribution >= 4 is 27.8 Å². The Hall–Kier alpha value is -1.76. The zero-order valence-corrected chi connectivity index (χ0v) is 14.7. The number of aliphatic carboxylic acids is 1. The third-order valence-electron chi connectivity index (χ3n) is 3.60. The van der Waals surface area contributed by atoms with Gasteiger partial charge in [-0.05, 0) is 44.4 Å². The van der Waals surface area contributed by atoms with E-state index in [2.05, 4.69) is 21.2 Å². The van der Waals surface area contributed by atoms with Crippen molar-refractivity contribution in [3.63, 3.8) is 0 Å². The SMILES string of the molecule is CCOc1cc(Br)c(CC(=O)NC2(C(=O)O)CC2)cc1OCC. The van der Waals surface area contributed by atoms with E-state index in [4.69, 9.17) is 14.6 Å². The third-order valence-corrected chi connectivity index (χ3v) is 4.34. The summed E-state index contributed by atoms with van der Waals surface area (Å²) in [5.74, 6) is -0.127. The Morgan fingerprint density at radius 2 is 1.78 bits per heavy atom. The predicted molar refractivity (Wildman–Crippen MR) is 87.9 cm³/mol. The number of carbonyl (C=O) groups excluding carboxylic acids is 1. The predicted octanol–water partition coefficient (Wildman–Crippen LogP) is 2.52. The van der Waals surface area contributed by atoms with Crippen LogP contribution in [0.5, 0.6) is 11.5 Å². The number of carbonyl (C=O) groups is 2. The van der Waals surface area contributed by atoms with Crippen molar-refractivity contribution in [1.82, 2.24) is 5.32 Å². The number of carboxylic acid groups (broad SMARTS) is 1. The van der Waals surface area contributed by atoms with Crippen molar-refractivity contribution in [3.8, 4) is 11.5 Å². The summed E-state index contributed by atoms with van der Waals surface area (Å²) in [6, 6.07) is 3.51. The Bertz CT molecular complexity index is 613. The summed E-state index contributed by atoms with van der Waals surface area (Å²) in [4.78, 5) is 23.3. The first-order valence-electron chi connectivity index (χ1n) is 7.54. The molecule has 1 fully saturated rings. The van der Waals surface area contributed by atoms with Crippen LogP contribution in [0.2, 0.25) is 0 Å². The van der Waals surface area contributed by atoms with Crippen molar-refractivity contribution in [2.75, 3.05) is 13.2 Å². The molecule has 0 aromatic heterocycles. The van der Waals surface area contributed by atoms with Gasteiger partial charge < -0.3 is 19.9 Å². The average Bonchev–Trinajstić information content (AvgIpc) is 3.25. The lowest BCUT2D eigenvalue weighted by Crippen LogP contribution is -2.43. The quantitative estimate of drug-likeness (QED) is 0.717. The van der Waals surface area contributed by atoms with Crippen LogP contribution in [0, 0.1) is 0 Å². The van der Waals surface area contributed by atoms with Crippen LogP contribution in [-0.4, -0.2) is 35.7 Å². The second kappa shape index (κ2) is 7.21. The van der Waals surface area contributed by atoms with Crippen molar-refractivity contribution in [2.24, 2.45) is 0 Å². The van der Waals surface area contributed by atoms with Gasteiger partial charge in [-0.3, -0.25) is 4.79 Å². The molecule has 1 amide bonds. The standard InChI is InChI=1S/C16H20BrNO5/c1-3-22-12-7-10(11(17)9-13(12)23-4-2)8-14(19)18-16(5-6-16)15(20)21/h7,9H,3-6,8H2,1-2H3,(H,18,19)(H,20,21). The van der Waals surface area contributed by atoms with E-state index in [1.54, 1.807) is 12.1 Å². The van der Waals surface area contributed by atoms with Gasteiger partial charge in [-0.2, -0.15) is 0 Å². The minimum absolute atomic E-state index is 0.0715. The first-order chi connectivity index (χ1) is 10.9. The smallest absolute Gasteiger partial charge is 0.329 e. The molecule has 0 radical (unpaired) electrons. The molecule has 1 aromatic rings. The molecular formula is C16H20BrNO5. The molecule has 1 aromatic carbocycles. The van der Waals surface area contributed by atoms with E-state index in [0.29, 0.717) is 37.6 Å². The Morgan fingerprint density at radius 3 is 2.26 bits per heavy atom. The lowest BCUT2D eigenvalue weighted by atomic mass is 10.1. The van der Waals surface area contributed by atoms with E-state index in [1.165, 1.54) is 0 Å². The largest absolute Gasteiger partial charge is 0.490 e. The molecule has 23 heavy (non-hydrogen) atoms. The molecule has 1 saturated carbocycles. The molecule has 6 nitrogen and oxygen atoms in total. The number of hydrogen-bond acceptors (Lipinski definition) is 4. The van der Waals surface area contributed by atoms with Crippen LogP contribution in [0.25, 0.3) is 0 Å². The number of rotatable bonds is 8. The zero-order chi connectivity index (χ0) is 17.0. The number of nitrogens with one attached hydrogen (secondary N) is 1. The van der Waals surface area contributed by atoms with Gasteiger partial charge in [-0.15, -0.1) is 0 Å². The van der Waals surface area contributed by atoms with Crippen LogP contribution in [0.4, 0.5) is 0 Å². The Morgan fingerprint density at radius 1 is 1.22 bits per heavy atom. The van der Waals surface area contributed by atoms with Gasteiger partial charge in [0.15, 0.2) is 11.5 Å². The lowest BCUT2D eigenvalue weighted by Gasteiger charge is -2.16. The van der Waals surface area contributed by atoms with Crippen LogP contribution < -0.4 is 14.8 Å². The first-order valence-corrected chi connectivity index (χ1v) is 8.33. The summed E-state index contributed by atoms with van der Waals surface area (Å²) in [5, 5.41) is 11.7. The van der Waals surface area contributed by atoms with E-state index in [0.717, 1.165) is 10.0 Å². The third kappa shape index (κ3) is 4.16. The van der Waals surface area contributed by atoms with Crippen LogP contribution in [0.1, 0.15) is 32.3 Å². The molecule has 0 aliphatic heterocycles. The Labute approximate surface area is 143 Å². The van der Waals surface area contributed by atoms with Crippen LogP contribution in [0.15, 0.2) is 16.6 Å². The van der Waals surface area contributed by atoms with Gasteiger partial charge in [0, 0.05) is 4.47 Å². The second-order valence-corrected chi connectivity index (χ2v) is 6.22. The summed E-state index contributed by atoms with van der Waals surface area (Å²) in [6.07, 6.45) is 1.02. The Kier molecular flexibility index (Phi) is 5.51. The highest BCUT2D eigenvalue weighted by atomic mass is 79.9. The fourth-order valence-corrected chi connectivity index (χ4v) is 2.71. The van der Waals surface area contributed by atoms with Gasteiger partial charge in [0.1, 0.15) is 5.54 Å². The van der Waals surface area contributed by atoms with Crippen LogP contribution in [0.3, 0.4) is 0 Å². The topological polar surface area (TPSA) is 84.9 Å². The van der Waals surface area contributed by atoms with Crippen molar-refractivity contribution < 1.29 is 24.2 Å².